The van der Waals surface area contributed by atoms with Crippen LogP contribution in [0.4, 0.5) is 0 Å². The van der Waals surface area contributed by atoms with Gasteiger partial charge in [-0.2, -0.15) is 0 Å². The third-order valence-electron chi connectivity index (χ3n) is 2.80. The zero-order valence-corrected chi connectivity index (χ0v) is 10.6. The van der Waals surface area contributed by atoms with Gasteiger partial charge in [0.05, 0.1) is 5.41 Å². The Morgan fingerprint density at radius 3 is 2.41 bits per heavy atom. The van der Waals surface area contributed by atoms with Gasteiger partial charge in [0.2, 0.25) is 5.91 Å². The Labute approximate surface area is 101 Å². The summed E-state index contributed by atoms with van der Waals surface area (Å²) < 4.78 is 0. The highest BCUT2D eigenvalue weighted by atomic mass is 16.7. The molecule has 1 amide bonds. The van der Waals surface area contributed by atoms with E-state index in [1.807, 2.05) is 0 Å². The lowest BCUT2D eigenvalue weighted by molar-refractivity contribution is -0.165. The number of carbonyl (C=O) groups excluding carboxylic acids is 2. The van der Waals surface area contributed by atoms with Gasteiger partial charge in [-0.05, 0) is 39.5 Å². The molecule has 1 saturated carbocycles. The van der Waals surface area contributed by atoms with Crippen molar-refractivity contribution in [2.24, 2.45) is 17.2 Å². The number of hydrogen-bond acceptors (Lipinski definition) is 5. The second-order valence-electron chi connectivity index (χ2n) is 5.56. The minimum absolute atomic E-state index is 0.150. The van der Waals surface area contributed by atoms with Crippen molar-refractivity contribution in [3.63, 3.8) is 0 Å². The summed E-state index contributed by atoms with van der Waals surface area (Å²) in [5.74, 6) is 4.89. The molecule has 0 radical (unpaired) electrons. The van der Waals surface area contributed by atoms with Gasteiger partial charge in [-0.15, -0.1) is 5.48 Å². The van der Waals surface area contributed by atoms with Crippen LogP contribution >= 0.6 is 0 Å². The van der Waals surface area contributed by atoms with Gasteiger partial charge in [-0.1, -0.05) is 0 Å². The fraction of sp³-hybridized carbons (Fsp3) is 0.818. The molecule has 98 valence electrons. The first-order valence-corrected chi connectivity index (χ1v) is 5.79. The van der Waals surface area contributed by atoms with E-state index in [1.54, 1.807) is 20.8 Å². The van der Waals surface area contributed by atoms with Crippen molar-refractivity contribution in [2.75, 3.05) is 0 Å². The third kappa shape index (κ3) is 4.32. The second-order valence-corrected chi connectivity index (χ2v) is 5.56. The number of hydroxylamine groups is 1. The lowest BCUT2D eigenvalue weighted by Gasteiger charge is -2.35. The summed E-state index contributed by atoms with van der Waals surface area (Å²) >= 11 is 0. The highest BCUT2D eigenvalue weighted by Gasteiger charge is 2.32. The monoisotopic (exact) mass is 243 g/mol. The smallest absolute Gasteiger partial charge is 0.329 e. The van der Waals surface area contributed by atoms with Crippen molar-refractivity contribution in [3.05, 3.63) is 0 Å². The highest BCUT2D eigenvalue weighted by Crippen LogP contribution is 2.30. The molecule has 6 nitrogen and oxygen atoms in total. The summed E-state index contributed by atoms with van der Waals surface area (Å²) in [6, 6.07) is 0.150. The van der Waals surface area contributed by atoms with Crippen LogP contribution in [0.1, 0.15) is 40.0 Å². The first-order chi connectivity index (χ1) is 7.82. The van der Waals surface area contributed by atoms with Crippen LogP contribution < -0.4 is 16.7 Å². The van der Waals surface area contributed by atoms with Crippen molar-refractivity contribution >= 4 is 11.9 Å². The van der Waals surface area contributed by atoms with Crippen molar-refractivity contribution in [3.8, 4) is 0 Å². The van der Waals surface area contributed by atoms with Crippen LogP contribution in [0.15, 0.2) is 0 Å². The molecule has 0 spiro atoms. The van der Waals surface area contributed by atoms with Gasteiger partial charge >= 0.3 is 5.97 Å². The number of rotatable bonds is 4. The maximum Gasteiger partial charge on any atom is 0.329 e. The van der Waals surface area contributed by atoms with Crippen LogP contribution in [-0.2, 0) is 14.4 Å². The maximum atomic E-state index is 11.4. The summed E-state index contributed by atoms with van der Waals surface area (Å²) in [6.45, 7) is 5.39. The quantitative estimate of drug-likeness (QED) is 0.373. The minimum Gasteiger partial charge on any atom is -0.370 e. The summed E-state index contributed by atoms with van der Waals surface area (Å²) in [5.41, 5.74) is 4.33. The van der Waals surface area contributed by atoms with Crippen LogP contribution in [0.5, 0.6) is 0 Å². The molecule has 4 N–H and O–H groups in total. The number of hydrazine groups is 1. The Morgan fingerprint density at radius 1 is 1.35 bits per heavy atom. The van der Waals surface area contributed by atoms with Crippen LogP contribution in [0.25, 0.3) is 0 Å². The Morgan fingerprint density at radius 2 is 1.94 bits per heavy atom. The van der Waals surface area contributed by atoms with Gasteiger partial charge in [0.15, 0.2) is 0 Å². The van der Waals surface area contributed by atoms with Gasteiger partial charge in [-0.25, -0.2) is 10.6 Å². The topological polar surface area (TPSA) is 93.4 Å². The SMILES string of the molecule is CC(C)(C)C(=O)ONC1CC(CC(=O)NN)C1. The van der Waals surface area contributed by atoms with Crippen molar-refractivity contribution in [1.29, 1.82) is 0 Å². The lowest BCUT2D eigenvalue weighted by Crippen LogP contribution is -2.45. The molecular weight excluding hydrogens is 222 g/mol. The van der Waals surface area contributed by atoms with E-state index in [0.717, 1.165) is 12.8 Å². The molecule has 1 aliphatic rings. The Bertz CT molecular complexity index is 293. The summed E-state index contributed by atoms with van der Waals surface area (Å²) in [4.78, 5) is 27.4. The normalized spacial score (nSPS) is 23.8. The molecule has 0 bridgehead atoms. The van der Waals surface area contributed by atoms with E-state index in [1.165, 1.54) is 0 Å². The van der Waals surface area contributed by atoms with Crippen LogP contribution in [0.2, 0.25) is 0 Å². The minimum atomic E-state index is -0.504. The molecule has 0 heterocycles. The zero-order valence-electron chi connectivity index (χ0n) is 10.6. The summed E-state index contributed by atoms with van der Waals surface area (Å²) in [5, 5.41) is 0. The first kappa shape index (κ1) is 13.9. The number of amides is 1. The van der Waals surface area contributed by atoms with E-state index in [-0.39, 0.29) is 17.9 Å². The van der Waals surface area contributed by atoms with Gasteiger partial charge < -0.3 is 4.84 Å². The lowest BCUT2D eigenvalue weighted by atomic mass is 9.78. The fourth-order valence-corrected chi connectivity index (χ4v) is 1.61. The van der Waals surface area contributed by atoms with Gasteiger partial charge in [0.25, 0.3) is 0 Å². The molecule has 1 aliphatic carbocycles. The second kappa shape index (κ2) is 5.46. The molecule has 0 aromatic carbocycles. The number of carbonyl (C=O) groups is 2. The molecule has 0 aromatic heterocycles. The highest BCUT2D eigenvalue weighted by molar-refractivity contribution is 5.75. The van der Waals surface area contributed by atoms with Crippen LogP contribution in [0, 0.1) is 11.3 Å². The summed E-state index contributed by atoms with van der Waals surface area (Å²) in [7, 11) is 0. The number of hydrogen-bond donors (Lipinski definition) is 3. The average molecular weight is 243 g/mol. The molecule has 0 atom stereocenters. The first-order valence-electron chi connectivity index (χ1n) is 5.79. The van der Waals surface area contributed by atoms with Crippen molar-refractivity contribution in [1.82, 2.24) is 10.9 Å². The van der Waals surface area contributed by atoms with Crippen molar-refractivity contribution in [2.45, 2.75) is 46.1 Å². The van der Waals surface area contributed by atoms with Gasteiger partial charge in [0.1, 0.15) is 0 Å². The van der Waals surface area contributed by atoms with E-state index in [4.69, 9.17) is 10.7 Å². The molecule has 0 unspecified atom stereocenters. The van der Waals surface area contributed by atoms with E-state index in [2.05, 4.69) is 10.9 Å². The Balaban J connectivity index is 2.14. The predicted octanol–water partition coefficient (Wildman–Crippen LogP) is 0.239. The van der Waals surface area contributed by atoms with Crippen LogP contribution in [0.3, 0.4) is 0 Å². The number of nitrogens with two attached hydrogens (primary N) is 1. The molecule has 0 aliphatic heterocycles. The van der Waals surface area contributed by atoms with Crippen LogP contribution in [-0.4, -0.2) is 17.9 Å². The molecule has 17 heavy (non-hydrogen) atoms. The Kier molecular flexibility index (Phi) is 4.47. The Hall–Kier alpha value is -1.14. The molecular formula is C11H21N3O3. The van der Waals surface area contributed by atoms with Gasteiger partial charge in [0, 0.05) is 12.5 Å². The van der Waals surface area contributed by atoms with Crippen molar-refractivity contribution < 1.29 is 14.4 Å². The zero-order chi connectivity index (χ0) is 13.1. The largest absolute Gasteiger partial charge is 0.370 e. The fourth-order valence-electron chi connectivity index (χ4n) is 1.61. The standard InChI is InChI=1S/C11H21N3O3/c1-11(2,3)10(16)17-14-8-4-7(5-8)6-9(15)13-12/h7-8,14H,4-6,12H2,1-3H3,(H,13,15). The molecule has 0 saturated heterocycles. The molecule has 0 aromatic rings. The van der Waals surface area contributed by atoms with E-state index < -0.39 is 5.41 Å². The molecule has 1 fully saturated rings. The molecule has 6 heteroatoms. The van der Waals surface area contributed by atoms with Gasteiger partial charge in [-0.3, -0.25) is 10.2 Å². The van der Waals surface area contributed by atoms with E-state index >= 15 is 0 Å². The van der Waals surface area contributed by atoms with E-state index in [9.17, 15) is 9.59 Å². The third-order valence-corrected chi connectivity index (χ3v) is 2.80. The predicted molar refractivity (Wildman–Crippen MR) is 62.1 cm³/mol. The average Bonchev–Trinajstić information content (AvgIpc) is 2.18. The number of nitrogens with one attached hydrogen (secondary N) is 2. The summed E-state index contributed by atoms with van der Waals surface area (Å²) in [6.07, 6.45) is 2.08. The van der Waals surface area contributed by atoms with E-state index in [0.29, 0.717) is 12.3 Å². The molecule has 1 rings (SSSR count). The maximum absolute atomic E-state index is 11.4.